The molecule has 0 atom stereocenters. The molecule has 0 saturated heterocycles. The van der Waals surface area contributed by atoms with Crippen LogP contribution in [0.5, 0.6) is 0 Å². The van der Waals surface area contributed by atoms with Crippen molar-refractivity contribution < 1.29 is 5.11 Å². The summed E-state index contributed by atoms with van der Waals surface area (Å²) < 4.78 is 0. The lowest BCUT2D eigenvalue weighted by atomic mass is 9.66. The van der Waals surface area contributed by atoms with Gasteiger partial charge in [-0.15, -0.1) is 0 Å². The number of hydrogen-bond donors (Lipinski definition) is 1. The summed E-state index contributed by atoms with van der Waals surface area (Å²) in [5.74, 6) is 0. The quantitative estimate of drug-likeness (QED) is 0.779. The zero-order valence-corrected chi connectivity index (χ0v) is 10.6. The molecular formula is C14H20OS. The van der Waals surface area contributed by atoms with Crippen molar-refractivity contribution in [1.29, 1.82) is 0 Å². The van der Waals surface area contributed by atoms with Gasteiger partial charge in [-0.2, -0.15) is 11.3 Å². The fraction of sp³-hybridized carbons (Fsp3) is 0.714. The second kappa shape index (κ2) is 3.85. The molecule has 2 fully saturated rings. The van der Waals surface area contributed by atoms with Crippen LogP contribution in [-0.4, -0.2) is 5.11 Å². The van der Waals surface area contributed by atoms with E-state index in [9.17, 15) is 5.11 Å². The van der Waals surface area contributed by atoms with Crippen LogP contribution in [0.3, 0.4) is 0 Å². The lowest BCUT2D eigenvalue weighted by molar-refractivity contribution is -0.0373. The predicted octanol–water partition coefficient (Wildman–Crippen LogP) is 4.07. The Morgan fingerprint density at radius 3 is 2.25 bits per heavy atom. The topological polar surface area (TPSA) is 20.2 Å². The molecule has 1 aromatic rings. The van der Waals surface area contributed by atoms with E-state index in [0.717, 1.165) is 18.4 Å². The second-order valence-corrected chi connectivity index (χ2v) is 6.53. The molecule has 1 aromatic heterocycles. The van der Waals surface area contributed by atoms with Crippen molar-refractivity contribution in [1.82, 2.24) is 0 Å². The Morgan fingerprint density at radius 1 is 1.00 bits per heavy atom. The molecule has 0 bridgehead atoms. The Kier molecular flexibility index (Phi) is 2.60. The Bertz CT molecular complexity index is 339. The number of thiophene rings is 1. The molecule has 88 valence electrons. The molecule has 2 saturated carbocycles. The minimum atomic E-state index is -0.506. The Balaban J connectivity index is 1.74. The smallest absolute Gasteiger partial charge is 0.0905 e. The molecule has 0 aliphatic heterocycles. The number of aliphatic hydroxyl groups is 1. The highest BCUT2D eigenvalue weighted by atomic mass is 32.1. The van der Waals surface area contributed by atoms with Crippen LogP contribution in [-0.2, 0) is 5.60 Å². The summed E-state index contributed by atoms with van der Waals surface area (Å²) in [7, 11) is 0. The highest BCUT2D eigenvalue weighted by molar-refractivity contribution is 7.08. The van der Waals surface area contributed by atoms with Gasteiger partial charge in [0.15, 0.2) is 0 Å². The van der Waals surface area contributed by atoms with Crippen molar-refractivity contribution in [2.75, 3.05) is 0 Å². The van der Waals surface area contributed by atoms with Gasteiger partial charge in [0.25, 0.3) is 0 Å². The van der Waals surface area contributed by atoms with Crippen LogP contribution < -0.4 is 0 Å². The molecular weight excluding hydrogens is 216 g/mol. The van der Waals surface area contributed by atoms with Gasteiger partial charge >= 0.3 is 0 Å². The van der Waals surface area contributed by atoms with E-state index in [2.05, 4.69) is 16.8 Å². The molecule has 1 N–H and O–H groups in total. The molecule has 3 rings (SSSR count). The molecule has 16 heavy (non-hydrogen) atoms. The van der Waals surface area contributed by atoms with E-state index < -0.39 is 5.60 Å². The first-order valence-corrected chi connectivity index (χ1v) is 7.42. The van der Waals surface area contributed by atoms with Gasteiger partial charge in [-0.1, -0.05) is 12.8 Å². The van der Waals surface area contributed by atoms with Crippen LogP contribution in [0.4, 0.5) is 0 Å². The van der Waals surface area contributed by atoms with Crippen LogP contribution in [0.15, 0.2) is 16.8 Å². The first-order valence-electron chi connectivity index (χ1n) is 6.48. The van der Waals surface area contributed by atoms with Gasteiger partial charge in [-0.3, -0.25) is 0 Å². The van der Waals surface area contributed by atoms with E-state index in [1.54, 1.807) is 11.3 Å². The predicted molar refractivity (Wildman–Crippen MR) is 67.6 cm³/mol. The monoisotopic (exact) mass is 236 g/mol. The van der Waals surface area contributed by atoms with Crippen LogP contribution in [0.2, 0.25) is 0 Å². The van der Waals surface area contributed by atoms with Crippen molar-refractivity contribution in [3.63, 3.8) is 0 Å². The molecule has 2 aliphatic rings. The molecule has 2 aliphatic carbocycles. The van der Waals surface area contributed by atoms with Gasteiger partial charge in [-0.05, 0) is 66.3 Å². The van der Waals surface area contributed by atoms with Crippen molar-refractivity contribution in [2.45, 2.75) is 57.0 Å². The third kappa shape index (κ3) is 1.72. The van der Waals surface area contributed by atoms with Gasteiger partial charge in [0, 0.05) is 0 Å². The molecule has 1 spiro atoms. The summed E-state index contributed by atoms with van der Waals surface area (Å²) >= 11 is 1.70. The van der Waals surface area contributed by atoms with Crippen LogP contribution in [0.1, 0.15) is 56.9 Å². The average molecular weight is 236 g/mol. The van der Waals surface area contributed by atoms with E-state index in [-0.39, 0.29) is 0 Å². The third-order valence-electron chi connectivity index (χ3n) is 4.86. The van der Waals surface area contributed by atoms with Gasteiger partial charge in [0.05, 0.1) is 5.60 Å². The van der Waals surface area contributed by atoms with Crippen molar-refractivity contribution in [2.24, 2.45) is 5.41 Å². The zero-order chi connectivity index (χ0) is 11.1. The Morgan fingerprint density at radius 2 is 1.69 bits per heavy atom. The molecule has 1 heterocycles. The molecule has 0 unspecified atom stereocenters. The van der Waals surface area contributed by atoms with Gasteiger partial charge < -0.3 is 5.11 Å². The van der Waals surface area contributed by atoms with Crippen molar-refractivity contribution in [3.8, 4) is 0 Å². The van der Waals surface area contributed by atoms with Gasteiger partial charge in [-0.25, -0.2) is 0 Å². The molecule has 1 nitrogen and oxygen atoms in total. The maximum absolute atomic E-state index is 10.7. The lowest BCUT2D eigenvalue weighted by Crippen LogP contribution is -2.35. The van der Waals surface area contributed by atoms with Crippen LogP contribution in [0.25, 0.3) is 0 Å². The van der Waals surface area contributed by atoms with Crippen molar-refractivity contribution in [3.05, 3.63) is 22.4 Å². The van der Waals surface area contributed by atoms with E-state index in [0.29, 0.717) is 5.41 Å². The summed E-state index contributed by atoms with van der Waals surface area (Å²) in [6, 6.07) is 2.09. The summed E-state index contributed by atoms with van der Waals surface area (Å²) in [6.45, 7) is 0. The fourth-order valence-electron chi connectivity index (χ4n) is 3.64. The maximum atomic E-state index is 10.7. The normalized spacial score (nSPS) is 27.3. The first-order chi connectivity index (χ1) is 7.73. The van der Waals surface area contributed by atoms with E-state index in [4.69, 9.17) is 0 Å². The zero-order valence-electron chi connectivity index (χ0n) is 9.74. The SMILES string of the molecule is OC1(c2ccsc2)CCC2(CCCC2)CC1. The highest BCUT2D eigenvalue weighted by Crippen LogP contribution is 2.53. The van der Waals surface area contributed by atoms with Gasteiger partial charge in [0.1, 0.15) is 0 Å². The molecule has 2 heteroatoms. The van der Waals surface area contributed by atoms with Crippen LogP contribution >= 0.6 is 11.3 Å². The Labute approximate surface area is 102 Å². The maximum Gasteiger partial charge on any atom is 0.0905 e. The molecule has 0 amide bonds. The van der Waals surface area contributed by atoms with E-state index in [1.807, 2.05) is 0 Å². The summed E-state index contributed by atoms with van der Waals surface area (Å²) in [5, 5.41) is 14.9. The Hall–Kier alpha value is -0.340. The number of hydrogen-bond acceptors (Lipinski definition) is 2. The third-order valence-corrected chi connectivity index (χ3v) is 5.54. The van der Waals surface area contributed by atoms with Crippen molar-refractivity contribution >= 4 is 11.3 Å². The first kappa shape index (κ1) is 10.8. The minimum Gasteiger partial charge on any atom is -0.385 e. The summed E-state index contributed by atoms with van der Waals surface area (Å²) in [5.41, 5.74) is 1.26. The molecule has 0 aromatic carbocycles. The highest BCUT2D eigenvalue weighted by Gasteiger charge is 2.43. The molecule has 0 radical (unpaired) electrons. The van der Waals surface area contributed by atoms with E-state index in [1.165, 1.54) is 38.5 Å². The van der Waals surface area contributed by atoms with E-state index >= 15 is 0 Å². The average Bonchev–Trinajstić information content (AvgIpc) is 2.96. The largest absolute Gasteiger partial charge is 0.385 e. The fourth-order valence-corrected chi connectivity index (χ4v) is 4.39. The standard InChI is InChI=1S/C14H20OS/c15-14(12-3-10-16-11-12)8-6-13(7-9-14)4-1-2-5-13/h3,10-11,15H,1-2,4-9H2. The number of rotatable bonds is 1. The lowest BCUT2D eigenvalue weighted by Gasteiger charge is -2.42. The summed E-state index contributed by atoms with van der Waals surface area (Å²) in [4.78, 5) is 0. The van der Waals surface area contributed by atoms with Gasteiger partial charge in [0.2, 0.25) is 0 Å². The summed E-state index contributed by atoms with van der Waals surface area (Å²) in [6.07, 6.45) is 10.1. The second-order valence-electron chi connectivity index (χ2n) is 5.75. The minimum absolute atomic E-state index is 0.506. The van der Waals surface area contributed by atoms with Crippen LogP contribution in [0, 0.1) is 5.41 Å².